The first-order valence-corrected chi connectivity index (χ1v) is 7.68. The van der Waals surface area contributed by atoms with Gasteiger partial charge in [0.25, 0.3) is 0 Å². The summed E-state index contributed by atoms with van der Waals surface area (Å²) in [6.07, 6.45) is 2.32. The fraction of sp³-hybridized carbons (Fsp3) is 0.562. The molecule has 5 nitrogen and oxygen atoms in total. The van der Waals surface area contributed by atoms with Gasteiger partial charge in [-0.15, -0.1) is 24.0 Å². The fourth-order valence-electron chi connectivity index (χ4n) is 2.64. The summed E-state index contributed by atoms with van der Waals surface area (Å²) in [4.78, 5) is 6.47. The van der Waals surface area contributed by atoms with E-state index in [1.54, 1.807) is 13.1 Å². The smallest absolute Gasteiger partial charge is 0.193 e. The summed E-state index contributed by atoms with van der Waals surface area (Å²) in [7, 11) is 1.74. The van der Waals surface area contributed by atoms with Gasteiger partial charge in [0.2, 0.25) is 0 Å². The molecule has 2 N–H and O–H groups in total. The molecule has 1 aromatic carbocycles. The molecule has 0 saturated carbocycles. The van der Waals surface area contributed by atoms with E-state index in [0.29, 0.717) is 12.6 Å². The topological polar surface area (TPSA) is 57.1 Å². The van der Waals surface area contributed by atoms with Crippen molar-refractivity contribution in [3.05, 3.63) is 29.6 Å². The third kappa shape index (κ3) is 5.80. The van der Waals surface area contributed by atoms with Crippen molar-refractivity contribution in [3.8, 4) is 5.75 Å². The van der Waals surface area contributed by atoms with Gasteiger partial charge in [0.15, 0.2) is 17.5 Å². The second-order valence-electron chi connectivity index (χ2n) is 5.33. The van der Waals surface area contributed by atoms with Crippen LogP contribution in [-0.2, 0) is 11.3 Å². The standard InChI is InChI=1S/C16H24FN3O2.HI/c1-3-22-13-6-8-20(9-7-13)16(18-2)19-11-12-4-5-15(21)14(17)10-12;/h4-5,10,13,21H,3,6-9,11H2,1-2H3,(H,18,19);1H. The number of ether oxygens (including phenoxy) is 1. The highest BCUT2D eigenvalue weighted by Crippen LogP contribution is 2.17. The number of aromatic hydroxyl groups is 1. The Kier molecular flexibility index (Phi) is 8.60. The molecule has 0 aromatic heterocycles. The largest absolute Gasteiger partial charge is 0.505 e. The first kappa shape index (κ1) is 20.0. The Bertz CT molecular complexity index is 520. The van der Waals surface area contributed by atoms with E-state index in [-0.39, 0.29) is 29.7 Å². The van der Waals surface area contributed by atoms with Gasteiger partial charge in [-0.25, -0.2) is 4.39 Å². The van der Waals surface area contributed by atoms with Crippen LogP contribution in [0.1, 0.15) is 25.3 Å². The molecule has 0 radical (unpaired) electrons. The predicted molar refractivity (Wildman–Crippen MR) is 99.9 cm³/mol. The summed E-state index contributed by atoms with van der Waals surface area (Å²) in [5.41, 5.74) is 0.764. The van der Waals surface area contributed by atoms with Crippen LogP contribution in [0.3, 0.4) is 0 Å². The molecule has 0 amide bonds. The van der Waals surface area contributed by atoms with E-state index in [0.717, 1.165) is 44.1 Å². The maximum absolute atomic E-state index is 13.3. The Hall–Kier alpha value is -1.09. The number of aliphatic imine (C=N–C) groups is 1. The summed E-state index contributed by atoms with van der Waals surface area (Å²) in [6, 6.07) is 4.39. The van der Waals surface area contributed by atoms with Gasteiger partial charge < -0.3 is 20.1 Å². The van der Waals surface area contributed by atoms with Crippen molar-refractivity contribution < 1.29 is 14.2 Å². The first-order valence-electron chi connectivity index (χ1n) is 7.68. The first-order chi connectivity index (χ1) is 10.6. The number of halogens is 2. The quantitative estimate of drug-likeness (QED) is 0.432. The zero-order chi connectivity index (χ0) is 15.9. The Morgan fingerprint density at radius 1 is 1.43 bits per heavy atom. The lowest BCUT2D eigenvalue weighted by atomic mass is 10.1. The molecule has 1 fully saturated rings. The number of phenolic OH excluding ortho intramolecular Hbond substituents is 1. The lowest BCUT2D eigenvalue weighted by Gasteiger charge is -2.34. The number of nitrogens with zero attached hydrogens (tertiary/aromatic N) is 2. The summed E-state index contributed by atoms with van der Waals surface area (Å²) < 4.78 is 19.0. The zero-order valence-electron chi connectivity index (χ0n) is 13.6. The van der Waals surface area contributed by atoms with Gasteiger partial charge in [0.05, 0.1) is 6.10 Å². The van der Waals surface area contributed by atoms with Crippen LogP contribution in [0, 0.1) is 5.82 Å². The van der Waals surface area contributed by atoms with E-state index in [1.165, 1.54) is 12.1 Å². The Labute approximate surface area is 153 Å². The van der Waals surface area contributed by atoms with Crippen LogP contribution in [0.2, 0.25) is 0 Å². The number of guanidine groups is 1. The molecule has 2 rings (SSSR count). The van der Waals surface area contributed by atoms with Crippen molar-refractivity contribution in [1.29, 1.82) is 0 Å². The van der Waals surface area contributed by atoms with Gasteiger partial charge in [0.1, 0.15) is 0 Å². The van der Waals surface area contributed by atoms with Crippen LogP contribution in [-0.4, -0.2) is 48.8 Å². The molecule has 0 atom stereocenters. The maximum atomic E-state index is 13.3. The third-order valence-corrected chi connectivity index (χ3v) is 3.82. The molecule has 1 aromatic rings. The van der Waals surface area contributed by atoms with Gasteiger partial charge in [-0.05, 0) is 37.5 Å². The zero-order valence-corrected chi connectivity index (χ0v) is 15.9. The molecule has 1 heterocycles. The lowest BCUT2D eigenvalue weighted by molar-refractivity contribution is 0.0263. The van der Waals surface area contributed by atoms with Crippen molar-refractivity contribution in [2.45, 2.75) is 32.4 Å². The summed E-state index contributed by atoms with van der Waals surface area (Å²) in [6.45, 7) is 5.03. The highest BCUT2D eigenvalue weighted by atomic mass is 127. The normalized spacial score (nSPS) is 16.1. The van der Waals surface area contributed by atoms with Crippen molar-refractivity contribution in [2.75, 3.05) is 26.7 Å². The van der Waals surface area contributed by atoms with Crippen LogP contribution in [0.15, 0.2) is 23.2 Å². The highest BCUT2D eigenvalue weighted by Gasteiger charge is 2.21. The molecule has 7 heteroatoms. The second-order valence-corrected chi connectivity index (χ2v) is 5.33. The van der Waals surface area contributed by atoms with Gasteiger partial charge in [-0.1, -0.05) is 6.07 Å². The molecular formula is C16H25FIN3O2. The van der Waals surface area contributed by atoms with Gasteiger partial charge in [-0.3, -0.25) is 4.99 Å². The van der Waals surface area contributed by atoms with Crippen LogP contribution < -0.4 is 5.32 Å². The Balaban J connectivity index is 0.00000264. The minimum absolute atomic E-state index is 0. The molecule has 1 aliphatic heterocycles. The van der Waals surface area contributed by atoms with E-state index in [9.17, 15) is 9.50 Å². The highest BCUT2D eigenvalue weighted by molar-refractivity contribution is 14.0. The maximum Gasteiger partial charge on any atom is 0.193 e. The third-order valence-electron chi connectivity index (χ3n) is 3.82. The Morgan fingerprint density at radius 3 is 2.70 bits per heavy atom. The van der Waals surface area contributed by atoms with E-state index < -0.39 is 5.82 Å². The number of likely N-dealkylation sites (tertiary alicyclic amines) is 1. The number of nitrogens with one attached hydrogen (secondary N) is 1. The van der Waals surface area contributed by atoms with E-state index in [2.05, 4.69) is 15.2 Å². The number of benzene rings is 1. The van der Waals surface area contributed by atoms with Gasteiger partial charge in [-0.2, -0.15) is 0 Å². The number of hydrogen-bond donors (Lipinski definition) is 2. The van der Waals surface area contributed by atoms with Crippen LogP contribution in [0.5, 0.6) is 5.75 Å². The minimum Gasteiger partial charge on any atom is -0.505 e. The molecule has 23 heavy (non-hydrogen) atoms. The second kappa shape index (κ2) is 9.92. The predicted octanol–water partition coefficient (Wildman–Crippen LogP) is 2.73. The summed E-state index contributed by atoms with van der Waals surface area (Å²) in [5.74, 6) is -0.124. The van der Waals surface area contributed by atoms with Gasteiger partial charge >= 0.3 is 0 Å². The van der Waals surface area contributed by atoms with Crippen LogP contribution in [0.4, 0.5) is 4.39 Å². The van der Waals surface area contributed by atoms with E-state index in [1.807, 2.05) is 6.92 Å². The van der Waals surface area contributed by atoms with E-state index >= 15 is 0 Å². The van der Waals surface area contributed by atoms with Crippen LogP contribution >= 0.6 is 24.0 Å². The molecule has 0 unspecified atom stereocenters. The minimum atomic E-state index is -0.605. The van der Waals surface area contributed by atoms with Crippen molar-refractivity contribution in [3.63, 3.8) is 0 Å². The number of piperidine rings is 1. The van der Waals surface area contributed by atoms with Crippen LogP contribution in [0.25, 0.3) is 0 Å². The van der Waals surface area contributed by atoms with Crippen molar-refractivity contribution in [2.24, 2.45) is 4.99 Å². The number of phenols is 1. The van der Waals surface area contributed by atoms with Crippen molar-refractivity contribution >= 4 is 29.9 Å². The van der Waals surface area contributed by atoms with E-state index in [4.69, 9.17) is 4.74 Å². The Morgan fingerprint density at radius 2 is 2.13 bits per heavy atom. The monoisotopic (exact) mass is 437 g/mol. The summed E-state index contributed by atoms with van der Waals surface area (Å²) in [5, 5.41) is 12.4. The molecule has 1 saturated heterocycles. The summed E-state index contributed by atoms with van der Waals surface area (Å²) >= 11 is 0. The number of rotatable bonds is 4. The average Bonchev–Trinajstić information content (AvgIpc) is 2.53. The van der Waals surface area contributed by atoms with Crippen molar-refractivity contribution in [1.82, 2.24) is 10.2 Å². The molecule has 0 bridgehead atoms. The fourth-order valence-corrected chi connectivity index (χ4v) is 2.64. The molecule has 130 valence electrons. The average molecular weight is 437 g/mol. The molecular weight excluding hydrogens is 412 g/mol. The molecule has 0 spiro atoms. The lowest BCUT2D eigenvalue weighted by Crippen LogP contribution is -2.46. The van der Waals surface area contributed by atoms with Gasteiger partial charge in [0, 0.05) is 33.3 Å². The number of hydrogen-bond acceptors (Lipinski definition) is 3. The molecule has 0 aliphatic carbocycles. The SMILES string of the molecule is CCOC1CCN(C(=NC)NCc2ccc(O)c(F)c2)CC1.I. The molecule has 1 aliphatic rings.